The number of amides is 2. The monoisotopic (exact) mass is 441 g/mol. The Bertz CT molecular complexity index is 1050. The predicted molar refractivity (Wildman–Crippen MR) is 121 cm³/mol. The largest absolute Gasteiger partial charge is 0.345 e. The first kappa shape index (κ1) is 21.9. The number of para-hydroxylation sites is 1. The highest BCUT2D eigenvalue weighted by atomic mass is 32.2. The Morgan fingerprint density at radius 2 is 1.90 bits per heavy atom. The zero-order valence-electron chi connectivity index (χ0n) is 17.0. The van der Waals surface area contributed by atoms with E-state index in [2.05, 4.69) is 20.8 Å². The second kappa shape index (κ2) is 10.3. The number of hydrogen-bond acceptors (Lipinski definition) is 6. The van der Waals surface area contributed by atoms with Crippen LogP contribution in [0.15, 0.2) is 58.6 Å². The Morgan fingerprint density at radius 1 is 1.10 bits per heavy atom. The molecule has 3 rings (SSSR count). The average Bonchev–Trinajstić information content (AvgIpc) is 3.10. The smallest absolute Gasteiger partial charge is 0.251 e. The van der Waals surface area contributed by atoms with E-state index in [0.29, 0.717) is 16.5 Å². The van der Waals surface area contributed by atoms with Crippen LogP contribution in [0.1, 0.15) is 21.7 Å². The molecule has 0 saturated heterocycles. The Hall–Kier alpha value is -2.78. The molecule has 2 amide bonds. The topological polar surface area (TPSA) is 88.9 Å². The molecule has 0 aliphatic rings. The minimum absolute atomic E-state index is 0.112. The average molecular weight is 442 g/mol. The van der Waals surface area contributed by atoms with Crippen molar-refractivity contribution in [3.8, 4) is 0 Å². The van der Waals surface area contributed by atoms with Crippen LogP contribution in [0.25, 0.3) is 0 Å². The summed E-state index contributed by atoms with van der Waals surface area (Å²) in [4.78, 5) is 25.6. The van der Waals surface area contributed by atoms with E-state index < -0.39 is 0 Å². The lowest BCUT2D eigenvalue weighted by molar-refractivity contribution is -0.113. The van der Waals surface area contributed by atoms with Crippen molar-refractivity contribution in [1.29, 1.82) is 0 Å². The normalized spacial score (nSPS) is 10.6. The molecule has 1 aromatic heterocycles. The fourth-order valence-corrected chi connectivity index (χ4v) is 4.02. The third-order valence-corrected chi connectivity index (χ3v) is 6.14. The molecule has 0 aliphatic heterocycles. The zero-order chi connectivity index (χ0) is 21.5. The van der Waals surface area contributed by atoms with Crippen LogP contribution in [-0.4, -0.2) is 38.6 Å². The summed E-state index contributed by atoms with van der Waals surface area (Å²) in [5, 5.41) is 14.7. The van der Waals surface area contributed by atoms with Gasteiger partial charge in [0.2, 0.25) is 5.91 Å². The van der Waals surface area contributed by atoms with Gasteiger partial charge in [0, 0.05) is 17.5 Å². The second-order valence-corrected chi connectivity index (χ2v) is 8.34. The Morgan fingerprint density at radius 3 is 2.67 bits per heavy atom. The highest BCUT2D eigenvalue weighted by Crippen LogP contribution is 2.25. The highest BCUT2D eigenvalue weighted by Gasteiger charge is 2.14. The van der Waals surface area contributed by atoms with E-state index >= 15 is 0 Å². The van der Waals surface area contributed by atoms with Gasteiger partial charge in [-0.25, -0.2) is 0 Å². The van der Waals surface area contributed by atoms with Crippen LogP contribution < -0.4 is 10.6 Å². The number of carbonyl (C=O) groups excluding carboxylic acids is 2. The van der Waals surface area contributed by atoms with Crippen molar-refractivity contribution in [1.82, 2.24) is 20.1 Å². The Labute approximate surface area is 184 Å². The van der Waals surface area contributed by atoms with Crippen molar-refractivity contribution in [3.05, 3.63) is 65.5 Å². The van der Waals surface area contributed by atoms with Crippen LogP contribution in [0, 0.1) is 6.92 Å². The highest BCUT2D eigenvalue weighted by molar-refractivity contribution is 7.99. The van der Waals surface area contributed by atoms with E-state index in [1.165, 1.54) is 11.8 Å². The number of aromatic nitrogens is 3. The maximum atomic E-state index is 12.3. The molecule has 0 spiro atoms. The summed E-state index contributed by atoms with van der Waals surface area (Å²) in [7, 11) is 1.82. The molecule has 156 valence electrons. The number of rotatable bonds is 8. The van der Waals surface area contributed by atoms with E-state index in [0.717, 1.165) is 16.1 Å². The van der Waals surface area contributed by atoms with Gasteiger partial charge in [0.05, 0.1) is 18.0 Å². The van der Waals surface area contributed by atoms with Gasteiger partial charge in [-0.2, -0.15) is 0 Å². The van der Waals surface area contributed by atoms with Crippen LogP contribution in [-0.2, 0) is 18.4 Å². The van der Waals surface area contributed by atoms with Crippen molar-refractivity contribution >= 4 is 41.0 Å². The van der Waals surface area contributed by atoms with Crippen LogP contribution in [0.5, 0.6) is 0 Å². The predicted octanol–water partition coefficient (Wildman–Crippen LogP) is 3.51. The molecule has 2 N–H and O–H groups in total. The fraction of sp³-hybridized carbons (Fsp3) is 0.238. The number of benzene rings is 2. The maximum Gasteiger partial charge on any atom is 0.251 e. The Balaban J connectivity index is 1.53. The first-order valence-corrected chi connectivity index (χ1v) is 11.5. The number of hydrogen-bond donors (Lipinski definition) is 2. The minimum atomic E-state index is -0.164. The minimum Gasteiger partial charge on any atom is -0.345 e. The molecular weight excluding hydrogens is 418 g/mol. The number of nitrogens with one attached hydrogen (secondary N) is 2. The number of carbonyl (C=O) groups is 2. The first-order chi connectivity index (χ1) is 14.5. The summed E-state index contributed by atoms with van der Waals surface area (Å²) in [6.45, 7) is 2.20. The van der Waals surface area contributed by atoms with Crippen molar-refractivity contribution < 1.29 is 9.59 Å². The van der Waals surface area contributed by atoms with Gasteiger partial charge in [-0.1, -0.05) is 41.6 Å². The van der Waals surface area contributed by atoms with E-state index in [1.54, 1.807) is 22.4 Å². The second-order valence-electron chi connectivity index (χ2n) is 6.55. The van der Waals surface area contributed by atoms with E-state index in [4.69, 9.17) is 0 Å². The van der Waals surface area contributed by atoms with Gasteiger partial charge < -0.3 is 15.2 Å². The van der Waals surface area contributed by atoms with Crippen LogP contribution in [0.3, 0.4) is 0 Å². The molecule has 3 aromatic rings. The molecular formula is C21H23N5O2S2. The Kier molecular flexibility index (Phi) is 7.53. The molecule has 1 heterocycles. The van der Waals surface area contributed by atoms with Crippen LogP contribution in [0.2, 0.25) is 0 Å². The third-order valence-electron chi connectivity index (χ3n) is 4.33. The van der Waals surface area contributed by atoms with Gasteiger partial charge in [-0.3, -0.25) is 9.59 Å². The lowest BCUT2D eigenvalue weighted by atomic mass is 10.1. The van der Waals surface area contributed by atoms with Crippen molar-refractivity contribution in [3.63, 3.8) is 0 Å². The summed E-state index contributed by atoms with van der Waals surface area (Å²) in [6, 6.07) is 15.1. The van der Waals surface area contributed by atoms with Crippen molar-refractivity contribution in [2.75, 3.05) is 17.3 Å². The molecule has 9 heteroatoms. The number of nitrogens with zero attached hydrogens (tertiary/aromatic N) is 3. The molecule has 0 aliphatic carbocycles. The summed E-state index contributed by atoms with van der Waals surface area (Å²) in [5.74, 6) is 0.554. The molecule has 0 atom stereocenters. The summed E-state index contributed by atoms with van der Waals surface area (Å²) in [6.07, 6.45) is 1.97. The van der Waals surface area contributed by atoms with Crippen molar-refractivity contribution in [2.24, 2.45) is 7.05 Å². The van der Waals surface area contributed by atoms with Crippen LogP contribution in [0.4, 0.5) is 5.69 Å². The SMILES string of the molecule is CSc1ccccc1NC(=O)CSc1nnc(CNC(=O)c2cccc(C)c2)n1C. The molecule has 0 bridgehead atoms. The lowest BCUT2D eigenvalue weighted by Gasteiger charge is -2.09. The molecule has 7 nitrogen and oxygen atoms in total. The molecule has 0 radical (unpaired) electrons. The summed E-state index contributed by atoms with van der Waals surface area (Å²) >= 11 is 2.88. The quantitative estimate of drug-likeness (QED) is 0.520. The van der Waals surface area contributed by atoms with E-state index in [-0.39, 0.29) is 24.1 Å². The molecule has 2 aromatic carbocycles. The third kappa shape index (κ3) is 5.64. The van der Waals surface area contributed by atoms with Gasteiger partial charge >= 0.3 is 0 Å². The van der Waals surface area contributed by atoms with Gasteiger partial charge in [-0.15, -0.1) is 22.0 Å². The lowest BCUT2D eigenvalue weighted by Crippen LogP contribution is -2.24. The molecule has 30 heavy (non-hydrogen) atoms. The summed E-state index contributed by atoms with van der Waals surface area (Å²) in [5.41, 5.74) is 2.43. The number of aryl methyl sites for hydroxylation is 1. The summed E-state index contributed by atoms with van der Waals surface area (Å²) < 4.78 is 1.78. The standard InChI is InChI=1S/C21H23N5O2S2/c1-14-7-6-8-15(11-14)20(28)22-12-18-24-25-21(26(18)2)30-13-19(27)23-16-9-4-5-10-17(16)29-3/h4-11H,12-13H2,1-3H3,(H,22,28)(H,23,27). The first-order valence-electron chi connectivity index (χ1n) is 9.26. The van der Waals surface area contributed by atoms with Crippen molar-refractivity contribution in [2.45, 2.75) is 23.5 Å². The number of thioether (sulfide) groups is 2. The number of anilines is 1. The van der Waals surface area contributed by atoms with Crippen LogP contribution >= 0.6 is 23.5 Å². The molecule has 0 saturated carbocycles. The van der Waals surface area contributed by atoms with E-state index in [9.17, 15) is 9.59 Å². The van der Waals surface area contributed by atoms with E-state index in [1.807, 2.05) is 62.7 Å². The van der Waals surface area contributed by atoms with Gasteiger partial charge in [0.1, 0.15) is 0 Å². The van der Waals surface area contributed by atoms with Gasteiger partial charge in [0.15, 0.2) is 11.0 Å². The molecule has 0 fully saturated rings. The van der Waals surface area contributed by atoms with Gasteiger partial charge in [-0.05, 0) is 37.4 Å². The zero-order valence-corrected chi connectivity index (χ0v) is 18.6. The van der Waals surface area contributed by atoms with Gasteiger partial charge in [0.25, 0.3) is 5.91 Å². The maximum absolute atomic E-state index is 12.3. The fourth-order valence-electron chi connectivity index (χ4n) is 2.74. The molecule has 0 unspecified atom stereocenters.